The van der Waals surface area contributed by atoms with E-state index in [0.29, 0.717) is 35.8 Å². The van der Waals surface area contributed by atoms with E-state index >= 15 is 0 Å². The van der Waals surface area contributed by atoms with Crippen molar-refractivity contribution in [3.8, 4) is 11.3 Å². The fourth-order valence-corrected chi connectivity index (χ4v) is 5.85. The number of carbonyl (C=O) groups excluding carboxylic acids is 1. The number of nitrogens with zero attached hydrogens (tertiary/aromatic N) is 3. The van der Waals surface area contributed by atoms with E-state index in [1.807, 2.05) is 48.5 Å². The van der Waals surface area contributed by atoms with Gasteiger partial charge in [-0.05, 0) is 78.8 Å². The fraction of sp³-hybridized carbons (Fsp3) is 0.161. The summed E-state index contributed by atoms with van der Waals surface area (Å²) in [6.45, 7) is 0.559. The summed E-state index contributed by atoms with van der Waals surface area (Å²) < 4.78 is 14.2. The number of fused-ring (bicyclic) bond motifs is 2. The highest BCUT2D eigenvalue weighted by Gasteiger charge is 2.24. The number of hydrogen-bond acceptors (Lipinski definition) is 5. The Labute approximate surface area is 234 Å². The van der Waals surface area contributed by atoms with Crippen LogP contribution in [0.2, 0.25) is 0 Å². The molecule has 0 spiro atoms. The van der Waals surface area contributed by atoms with Crippen LogP contribution in [0.25, 0.3) is 21.5 Å². The van der Waals surface area contributed by atoms with Crippen molar-refractivity contribution in [1.29, 1.82) is 0 Å². The predicted molar refractivity (Wildman–Crippen MR) is 155 cm³/mol. The summed E-state index contributed by atoms with van der Waals surface area (Å²) in [4.78, 5) is 36.1. The first-order valence-corrected chi connectivity index (χ1v) is 13.8. The molecule has 0 aliphatic carbocycles. The van der Waals surface area contributed by atoms with Gasteiger partial charge in [0.15, 0.2) is 10.8 Å². The van der Waals surface area contributed by atoms with Crippen LogP contribution in [0.5, 0.6) is 0 Å². The first kappa shape index (κ1) is 25.6. The number of hydrogen-bond donors (Lipinski definition) is 2. The number of rotatable bonds is 6. The summed E-state index contributed by atoms with van der Waals surface area (Å²) in [7, 11) is 0. The number of aryl methyl sites for hydroxylation is 3. The van der Waals surface area contributed by atoms with E-state index in [2.05, 4.69) is 15.3 Å². The maximum atomic E-state index is 13.3. The van der Waals surface area contributed by atoms with E-state index in [-0.39, 0.29) is 17.5 Å². The smallest absolute Gasteiger partial charge is 0.354 e. The molecule has 1 aliphatic rings. The van der Waals surface area contributed by atoms with Crippen LogP contribution in [-0.2, 0) is 19.3 Å². The third-order valence-corrected chi connectivity index (χ3v) is 7.98. The quantitative estimate of drug-likeness (QED) is 0.237. The summed E-state index contributed by atoms with van der Waals surface area (Å²) in [5.74, 6) is -1.41. The number of carboxylic acids is 1. The van der Waals surface area contributed by atoms with Crippen LogP contribution in [0.15, 0.2) is 78.9 Å². The summed E-state index contributed by atoms with van der Waals surface area (Å²) >= 11 is 1.43. The fourth-order valence-electron chi connectivity index (χ4n) is 5.00. The molecular weight excluding hydrogens is 527 g/mol. The average molecular weight is 553 g/mol. The third kappa shape index (κ3) is 5.28. The van der Waals surface area contributed by atoms with Crippen LogP contribution in [0.1, 0.15) is 33.6 Å². The molecule has 200 valence electrons. The number of para-hydroxylation sites is 1. The highest BCUT2D eigenvalue weighted by molar-refractivity contribution is 7.22. The zero-order valence-corrected chi connectivity index (χ0v) is 22.2. The van der Waals surface area contributed by atoms with Gasteiger partial charge in [-0.25, -0.2) is 23.9 Å². The predicted octanol–water partition coefficient (Wildman–Crippen LogP) is 6.97. The number of carbonyl (C=O) groups is 2. The van der Waals surface area contributed by atoms with E-state index in [9.17, 15) is 19.1 Å². The van der Waals surface area contributed by atoms with Crippen molar-refractivity contribution in [3.63, 3.8) is 0 Å². The molecule has 2 N–H and O–H groups in total. The van der Waals surface area contributed by atoms with Gasteiger partial charge in [-0.15, -0.1) is 0 Å². The molecule has 2 aromatic heterocycles. The molecule has 7 nitrogen and oxygen atoms in total. The lowest BCUT2D eigenvalue weighted by atomic mass is 9.97. The largest absolute Gasteiger partial charge is 0.477 e. The van der Waals surface area contributed by atoms with Crippen molar-refractivity contribution in [2.24, 2.45) is 0 Å². The van der Waals surface area contributed by atoms with Gasteiger partial charge in [0.05, 0.1) is 15.9 Å². The Morgan fingerprint density at radius 1 is 0.975 bits per heavy atom. The molecule has 0 fully saturated rings. The van der Waals surface area contributed by atoms with Gasteiger partial charge in [0.2, 0.25) is 0 Å². The van der Waals surface area contributed by atoms with Crippen LogP contribution >= 0.6 is 11.3 Å². The van der Waals surface area contributed by atoms with Gasteiger partial charge in [0, 0.05) is 17.8 Å². The van der Waals surface area contributed by atoms with Gasteiger partial charge in [-0.2, -0.15) is 0 Å². The third-order valence-electron chi connectivity index (χ3n) is 7.03. The Hall–Kier alpha value is -4.63. The van der Waals surface area contributed by atoms with Gasteiger partial charge in [0.1, 0.15) is 5.82 Å². The Morgan fingerprint density at radius 3 is 2.60 bits per heavy atom. The van der Waals surface area contributed by atoms with Crippen molar-refractivity contribution in [3.05, 3.63) is 107 Å². The minimum absolute atomic E-state index is 0.0113. The second kappa shape index (κ2) is 10.9. The topological polar surface area (TPSA) is 95.4 Å². The molecule has 9 heteroatoms. The number of pyridine rings is 1. The zero-order valence-electron chi connectivity index (χ0n) is 21.4. The minimum Gasteiger partial charge on any atom is -0.477 e. The molecule has 40 heavy (non-hydrogen) atoms. The van der Waals surface area contributed by atoms with Crippen molar-refractivity contribution in [2.45, 2.75) is 25.7 Å². The van der Waals surface area contributed by atoms with Crippen LogP contribution < -0.4 is 10.2 Å². The van der Waals surface area contributed by atoms with Gasteiger partial charge in [-0.1, -0.05) is 53.8 Å². The van der Waals surface area contributed by atoms with E-state index in [0.717, 1.165) is 45.4 Å². The molecule has 0 saturated carbocycles. The maximum Gasteiger partial charge on any atom is 0.354 e. The van der Waals surface area contributed by atoms with Gasteiger partial charge < -0.3 is 5.11 Å². The Balaban J connectivity index is 1.25. The number of nitrogens with one attached hydrogen (secondary N) is 1. The minimum atomic E-state index is -1.11. The maximum absolute atomic E-state index is 13.3. The summed E-state index contributed by atoms with van der Waals surface area (Å²) in [5.41, 5.74) is 5.42. The number of aromatic nitrogens is 2. The van der Waals surface area contributed by atoms with E-state index in [1.165, 1.54) is 23.5 Å². The van der Waals surface area contributed by atoms with E-state index < -0.39 is 5.97 Å². The Bertz CT molecular complexity index is 1700. The van der Waals surface area contributed by atoms with Crippen LogP contribution in [0, 0.1) is 5.82 Å². The van der Waals surface area contributed by atoms with Gasteiger partial charge >= 0.3 is 12.0 Å². The number of urea groups is 1. The molecule has 3 heterocycles. The summed E-state index contributed by atoms with van der Waals surface area (Å²) in [6.07, 6.45) is 2.71. The number of aromatic carboxylic acids is 1. The molecule has 0 bridgehead atoms. The molecule has 6 rings (SSSR count). The normalized spacial score (nSPS) is 12.8. The van der Waals surface area contributed by atoms with Crippen LogP contribution in [-0.4, -0.2) is 33.6 Å². The van der Waals surface area contributed by atoms with E-state index in [1.54, 1.807) is 23.1 Å². The summed E-state index contributed by atoms with van der Waals surface area (Å²) in [6, 6.07) is 23.1. The second-order valence-corrected chi connectivity index (χ2v) is 10.7. The first-order valence-electron chi connectivity index (χ1n) is 13.0. The van der Waals surface area contributed by atoms with Gasteiger partial charge in [0.25, 0.3) is 0 Å². The molecule has 2 amide bonds. The van der Waals surface area contributed by atoms with Crippen molar-refractivity contribution in [2.75, 3.05) is 16.8 Å². The van der Waals surface area contributed by atoms with E-state index in [4.69, 9.17) is 0 Å². The first-order chi connectivity index (χ1) is 19.4. The van der Waals surface area contributed by atoms with Crippen LogP contribution in [0.3, 0.4) is 0 Å². The van der Waals surface area contributed by atoms with Crippen molar-refractivity contribution in [1.82, 2.24) is 9.97 Å². The van der Waals surface area contributed by atoms with Crippen LogP contribution in [0.4, 0.5) is 20.0 Å². The molecule has 0 unspecified atom stereocenters. The lowest BCUT2D eigenvalue weighted by Gasteiger charge is -2.29. The highest BCUT2D eigenvalue weighted by atomic mass is 32.1. The van der Waals surface area contributed by atoms with Crippen molar-refractivity contribution < 1.29 is 19.1 Å². The molecule has 0 saturated heterocycles. The SMILES string of the molecule is O=C(O)c1nc(-c2ccc3c(c2)N(C(=O)Nc2nc4ccccc4s2)CCC3)ccc1CCc1ccc(F)cc1. The Morgan fingerprint density at radius 2 is 1.80 bits per heavy atom. The molecule has 3 aromatic carbocycles. The second-order valence-electron chi connectivity index (χ2n) is 9.65. The van der Waals surface area contributed by atoms with Crippen molar-refractivity contribution >= 4 is 44.4 Å². The lowest BCUT2D eigenvalue weighted by Crippen LogP contribution is -2.38. The number of carboxylic acid groups (broad SMARTS) is 1. The standard InChI is InChI=1S/C31H25FN4O3S/c32-23-14-8-19(9-15-23)7-10-21-13-16-24(33-28(21)29(37)38)22-12-11-20-4-3-17-36(26(20)18-22)31(39)35-30-34-25-5-1-2-6-27(25)40-30/h1-2,5-6,8-9,11-16,18H,3-4,7,10,17H2,(H,37,38)(H,34,35,39). The zero-order chi connectivity index (χ0) is 27.6. The Kier molecular flexibility index (Phi) is 6.96. The number of benzene rings is 3. The molecular formula is C31H25FN4O3S. The highest BCUT2D eigenvalue weighted by Crippen LogP contribution is 2.33. The van der Waals surface area contributed by atoms with Gasteiger partial charge in [-0.3, -0.25) is 10.2 Å². The molecule has 0 radical (unpaired) electrons. The molecule has 0 atom stereocenters. The number of anilines is 2. The number of thiazole rings is 1. The average Bonchev–Trinajstić information content (AvgIpc) is 3.38. The molecule has 1 aliphatic heterocycles. The molecule has 5 aromatic rings. The monoisotopic (exact) mass is 552 g/mol. The lowest BCUT2D eigenvalue weighted by molar-refractivity contribution is 0.0689. The number of halogens is 1. The summed E-state index contributed by atoms with van der Waals surface area (Å²) in [5, 5.41) is 13.4. The number of amides is 2.